The predicted octanol–water partition coefficient (Wildman–Crippen LogP) is 2.91. The first kappa shape index (κ1) is 15.1. The molecule has 1 aliphatic heterocycles. The number of fused-ring (bicyclic) bond motifs is 1. The van der Waals surface area contributed by atoms with Crippen molar-refractivity contribution in [1.82, 2.24) is 19.7 Å². The van der Waals surface area contributed by atoms with Crippen LogP contribution in [-0.2, 0) is 4.74 Å². The molecule has 0 spiro atoms. The standard InChI is InChI=1S/C19H17N5O2/c1-2-4-14(5-3-1)15-12-20-24(13-15)19-21-16-6-9-26-17(16)18(22-19)23-7-10-25-11-8-23/h1-6,9,12-13H,7-8,10-11H2. The van der Waals surface area contributed by atoms with E-state index in [0.29, 0.717) is 24.7 Å². The van der Waals surface area contributed by atoms with Crippen LogP contribution in [-0.4, -0.2) is 46.1 Å². The molecule has 0 aliphatic carbocycles. The van der Waals surface area contributed by atoms with E-state index >= 15 is 0 Å². The van der Waals surface area contributed by atoms with Gasteiger partial charge in [-0.15, -0.1) is 0 Å². The van der Waals surface area contributed by atoms with Gasteiger partial charge >= 0.3 is 0 Å². The lowest BCUT2D eigenvalue weighted by Crippen LogP contribution is -2.37. The zero-order valence-electron chi connectivity index (χ0n) is 14.1. The van der Waals surface area contributed by atoms with Crippen molar-refractivity contribution in [3.8, 4) is 17.1 Å². The van der Waals surface area contributed by atoms with E-state index < -0.39 is 0 Å². The van der Waals surface area contributed by atoms with Gasteiger partial charge in [-0.3, -0.25) is 0 Å². The van der Waals surface area contributed by atoms with Gasteiger partial charge in [-0.25, -0.2) is 9.67 Å². The van der Waals surface area contributed by atoms with Gasteiger partial charge < -0.3 is 14.1 Å². The number of morpholine rings is 1. The summed E-state index contributed by atoms with van der Waals surface area (Å²) in [5.41, 5.74) is 3.60. The van der Waals surface area contributed by atoms with Crippen molar-refractivity contribution in [2.45, 2.75) is 0 Å². The summed E-state index contributed by atoms with van der Waals surface area (Å²) < 4.78 is 12.8. The van der Waals surface area contributed by atoms with E-state index in [0.717, 1.165) is 35.6 Å². The maximum absolute atomic E-state index is 5.63. The van der Waals surface area contributed by atoms with Crippen LogP contribution in [0.25, 0.3) is 28.2 Å². The molecule has 26 heavy (non-hydrogen) atoms. The number of furan rings is 1. The fourth-order valence-electron chi connectivity index (χ4n) is 3.14. The summed E-state index contributed by atoms with van der Waals surface area (Å²) in [5.74, 6) is 1.32. The molecule has 7 nitrogen and oxygen atoms in total. The SMILES string of the molecule is c1ccc(-c2cnn(-c3nc(N4CCOCC4)c4occc4n3)c2)cc1. The molecular weight excluding hydrogens is 330 g/mol. The minimum Gasteiger partial charge on any atom is -0.459 e. The van der Waals surface area contributed by atoms with E-state index in [1.807, 2.05) is 36.7 Å². The van der Waals surface area contributed by atoms with Crippen molar-refractivity contribution in [3.63, 3.8) is 0 Å². The van der Waals surface area contributed by atoms with Crippen LogP contribution in [0.4, 0.5) is 5.82 Å². The molecule has 7 heteroatoms. The molecule has 0 bridgehead atoms. The molecule has 0 N–H and O–H groups in total. The van der Waals surface area contributed by atoms with Crippen LogP contribution >= 0.6 is 0 Å². The number of rotatable bonds is 3. The number of benzene rings is 1. The number of hydrogen-bond donors (Lipinski definition) is 0. The molecule has 130 valence electrons. The molecule has 0 unspecified atom stereocenters. The van der Waals surface area contributed by atoms with Crippen molar-refractivity contribution in [3.05, 3.63) is 55.1 Å². The van der Waals surface area contributed by atoms with Crippen molar-refractivity contribution < 1.29 is 9.15 Å². The summed E-state index contributed by atoms with van der Waals surface area (Å²) in [5, 5.41) is 4.46. The first-order valence-electron chi connectivity index (χ1n) is 8.57. The Bertz CT molecular complexity index is 1030. The summed E-state index contributed by atoms with van der Waals surface area (Å²) in [6.45, 7) is 2.92. The van der Waals surface area contributed by atoms with Crippen molar-refractivity contribution in [2.75, 3.05) is 31.2 Å². The molecule has 0 atom stereocenters. The fraction of sp³-hybridized carbons (Fsp3) is 0.211. The Balaban J connectivity index is 1.58. The topological polar surface area (TPSA) is 69.2 Å². The van der Waals surface area contributed by atoms with Crippen molar-refractivity contribution in [1.29, 1.82) is 0 Å². The van der Waals surface area contributed by atoms with Gasteiger partial charge in [0, 0.05) is 30.9 Å². The number of ether oxygens (including phenoxy) is 1. The highest BCUT2D eigenvalue weighted by molar-refractivity contribution is 5.84. The molecule has 1 aromatic carbocycles. The molecule has 5 rings (SSSR count). The third kappa shape index (κ3) is 2.62. The normalized spacial score (nSPS) is 14.8. The van der Waals surface area contributed by atoms with E-state index in [1.54, 1.807) is 10.9 Å². The van der Waals surface area contributed by atoms with Gasteiger partial charge in [0.1, 0.15) is 5.52 Å². The first-order valence-corrected chi connectivity index (χ1v) is 8.57. The van der Waals surface area contributed by atoms with Gasteiger partial charge in [0.15, 0.2) is 11.4 Å². The van der Waals surface area contributed by atoms with Gasteiger partial charge in [-0.2, -0.15) is 10.1 Å². The lowest BCUT2D eigenvalue weighted by Gasteiger charge is -2.27. The Morgan fingerprint density at radius 2 is 1.77 bits per heavy atom. The Morgan fingerprint density at radius 3 is 2.62 bits per heavy atom. The van der Waals surface area contributed by atoms with Gasteiger partial charge in [-0.05, 0) is 5.56 Å². The second-order valence-corrected chi connectivity index (χ2v) is 6.12. The lowest BCUT2D eigenvalue weighted by molar-refractivity contribution is 0.122. The largest absolute Gasteiger partial charge is 0.459 e. The van der Waals surface area contributed by atoms with Crippen LogP contribution in [0.2, 0.25) is 0 Å². The molecule has 1 fully saturated rings. The molecule has 0 saturated carbocycles. The molecule has 3 aromatic heterocycles. The van der Waals surface area contributed by atoms with E-state index in [1.165, 1.54) is 0 Å². The van der Waals surface area contributed by atoms with Crippen LogP contribution < -0.4 is 4.90 Å². The monoisotopic (exact) mass is 347 g/mol. The Morgan fingerprint density at radius 1 is 0.923 bits per heavy atom. The predicted molar refractivity (Wildman–Crippen MR) is 97.4 cm³/mol. The lowest BCUT2D eigenvalue weighted by atomic mass is 10.1. The second-order valence-electron chi connectivity index (χ2n) is 6.12. The second kappa shape index (κ2) is 6.27. The summed E-state index contributed by atoms with van der Waals surface area (Å²) in [6.07, 6.45) is 5.41. The zero-order chi connectivity index (χ0) is 17.3. The molecule has 4 aromatic rings. The van der Waals surface area contributed by atoms with Crippen LogP contribution in [0, 0.1) is 0 Å². The van der Waals surface area contributed by atoms with Gasteiger partial charge in [0.2, 0.25) is 0 Å². The maximum atomic E-state index is 5.63. The zero-order valence-corrected chi connectivity index (χ0v) is 14.1. The van der Waals surface area contributed by atoms with Crippen LogP contribution in [0.3, 0.4) is 0 Å². The summed E-state index contributed by atoms with van der Waals surface area (Å²) in [7, 11) is 0. The Labute approximate surface area is 149 Å². The Kier molecular flexibility index (Phi) is 3.64. The molecule has 0 radical (unpaired) electrons. The summed E-state index contributed by atoms with van der Waals surface area (Å²) in [4.78, 5) is 11.5. The van der Waals surface area contributed by atoms with E-state index in [-0.39, 0.29) is 0 Å². The average Bonchev–Trinajstić information content (AvgIpc) is 3.38. The van der Waals surface area contributed by atoms with E-state index in [2.05, 4.69) is 27.1 Å². The molecule has 0 amide bonds. The average molecular weight is 347 g/mol. The smallest absolute Gasteiger partial charge is 0.253 e. The van der Waals surface area contributed by atoms with E-state index in [9.17, 15) is 0 Å². The third-order valence-electron chi connectivity index (χ3n) is 4.48. The highest BCUT2D eigenvalue weighted by Gasteiger charge is 2.20. The van der Waals surface area contributed by atoms with Crippen LogP contribution in [0.5, 0.6) is 0 Å². The van der Waals surface area contributed by atoms with E-state index in [4.69, 9.17) is 14.1 Å². The van der Waals surface area contributed by atoms with Gasteiger partial charge in [-0.1, -0.05) is 30.3 Å². The van der Waals surface area contributed by atoms with Crippen molar-refractivity contribution in [2.24, 2.45) is 0 Å². The third-order valence-corrected chi connectivity index (χ3v) is 4.48. The quantitative estimate of drug-likeness (QED) is 0.568. The molecule has 1 saturated heterocycles. The number of hydrogen-bond acceptors (Lipinski definition) is 6. The van der Waals surface area contributed by atoms with Gasteiger partial charge in [0.05, 0.1) is 25.7 Å². The number of nitrogens with zero attached hydrogens (tertiary/aromatic N) is 5. The minimum atomic E-state index is 0.530. The minimum absolute atomic E-state index is 0.530. The molecule has 4 heterocycles. The fourth-order valence-corrected chi connectivity index (χ4v) is 3.14. The first-order chi connectivity index (χ1) is 12.9. The molecule has 1 aliphatic rings. The Hall–Kier alpha value is -3.19. The van der Waals surface area contributed by atoms with Crippen LogP contribution in [0.1, 0.15) is 0 Å². The van der Waals surface area contributed by atoms with Gasteiger partial charge in [0.25, 0.3) is 5.95 Å². The number of anilines is 1. The molecular formula is C19H17N5O2. The highest BCUT2D eigenvalue weighted by atomic mass is 16.5. The van der Waals surface area contributed by atoms with Crippen molar-refractivity contribution >= 4 is 16.9 Å². The number of aromatic nitrogens is 4. The summed E-state index contributed by atoms with van der Waals surface area (Å²) >= 11 is 0. The van der Waals surface area contributed by atoms with Crippen LogP contribution in [0.15, 0.2) is 59.5 Å². The maximum Gasteiger partial charge on any atom is 0.253 e. The highest BCUT2D eigenvalue weighted by Crippen LogP contribution is 2.27. The summed E-state index contributed by atoms with van der Waals surface area (Å²) in [6, 6.07) is 12.0.